The zero-order valence-corrected chi connectivity index (χ0v) is 13.9. The lowest BCUT2D eigenvalue weighted by atomic mass is 10.0. The molecule has 1 heterocycles. The zero-order chi connectivity index (χ0) is 16.7. The van der Waals surface area contributed by atoms with Crippen molar-refractivity contribution in [3.05, 3.63) is 46.5 Å². The number of phenolic OH excluding ortho intramolecular Hbond substituents is 1. The largest absolute Gasteiger partial charge is 0.507 e. The maximum Gasteiger partial charge on any atom is 0.259 e. The van der Waals surface area contributed by atoms with Gasteiger partial charge in [0.05, 0.1) is 15.8 Å². The van der Waals surface area contributed by atoms with Crippen LogP contribution in [-0.2, 0) is 0 Å². The number of fused-ring (bicyclic) bond motifs is 1. The van der Waals surface area contributed by atoms with E-state index in [9.17, 15) is 9.90 Å². The van der Waals surface area contributed by atoms with E-state index in [0.717, 1.165) is 27.1 Å². The van der Waals surface area contributed by atoms with Crippen LogP contribution in [0.4, 0.5) is 10.8 Å². The third-order valence-corrected chi connectivity index (χ3v) is 4.53. The molecule has 0 aliphatic heterocycles. The highest BCUT2D eigenvalue weighted by molar-refractivity contribution is 7.22. The number of rotatable bonds is 2. The molecular weight excluding hydrogens is 310 g/mol. The molecule has 6 heteroatoms. The van der Waals surface area contributed by atoms with Crippen LogP contribution in [0.2, 0.25) is 0 Å². The normalized spacial score (nSPS) is 10.9. The Balaban J connectivity index is 1.99. The quantitative estimate of drug-likeness (QED) is 0.668. The molecule has 1 aromatic heterocycles. The van der Waals surface area contributed by atoms with Gasteiger partial charge in [-0.05, 0) is 38.0 Å². The smallest absolute Gasteiger partial charge is 0.259 e. The van der Waals surface area contributed by atoms with Gasteiger partial charge in [-0.2, -0.15) is 0 Å². The summed E-state index contributed by atoms with van der Waals surface area (Å²) in [6, 6.07) is 7.10. The average molecular weight is 327 g/mol. The predicted molar refractivity (Wildman–Crippen MR) is 94.3 cm³/mol. The van der Waals surface area contributed by atoms with Gasteiger partial charge in [0.25, 0.3) is 5.91 Å². The molecule has 0 saturated heterocycles. The van der Waals surface area contributed by atoms with Crippen LogP contribution < -0.4 is 11.1 Å². The lowest BCUT2D eigenvalue weighted by Crippen LogP contribution is -2.14. The summed E-state index contributed by atoms with van der Waals surface area (Å²) in [4.78, 5) is 16.7. The first-order valence-electron chi connectivity index (χ1n) is 7.13. The number of phenols is 1. The van der Waals surface area contributed by atoms with Crippen LogP contribution in [0, 0.1) is 20.8 Å². The minimum absolute atomic E-state index is 0.109. The highest BCUT2D eigenvalue weighted by atomic mass is 32.1. The molecule has 0 atom stereocenters. The topological polar surface area (TPSA) is 88.2 Å². The van der Waals surface area contributed by atoms with Crippen molar-refractivity contribution < 1.29 is 9.90 Å². The summed E-state index contributed by atoms with van der Waals surface area (Å²) in [6.07, 6.45) is 0. The van der Waals surface area contributed by atoms with Crippen LogP contribution in [0.3, 0.4) is 0 Å². The first-order chi connectivity index (χ1) is 10.8. The number of aryl methyl sites for hydroxylation is 3. The van der Waals surface area contributed by atoms with Crippen LogP contribution in [-0.4, -0.2) is 16.0 Å². The van der Waals surface area contributed by atoms with E-state index in [1.807, 2.05) is 32.9 Å². The molecule has 0 bridgehead atoms. The number of hydrogen-bond acceptors (Lipinski definition) is 5. The Labute approximate surface area is 137 Å². The van der Waals surface area contributed by atoms with Crippen molar-refractivity contribution in [2.75, 3.05) is 11.1 Å². The second kappa shape index (κ2) is 5.55. The van der Waals surface area contributed by atoms with E-state index in [-0.39, 0.29) is 17.2 Å². The number of nitrogens with zero attached hydrogens (tertiary/aromatic N) is 1. The number of nitrogen functional groups attached to an aromatic ring is 1. The van der Waals surface area contributed by atoms with Crippen LogP contribution >= 0.6 is 11.3 Å². The number of aromatic hydroxyl groups is 1. The second-order valence-corrected chi connectivity index (χ2v) is 6.68. The summed E-state index contributed by atoms with van der Waals surface area (Å²) in [6.45, 7) is 5.91. The number of thiazole rings is 1. The van der Waals surface area contributed by atoms with E-state index < -0.39 is 0 Å². The number of hydrogen-bond donors (Lipinski definition) is 3. The fourth-order valence-corrected chi connectivity index (χ4v) is 3.48. The molecule has 2 aromatic carbocycles. The number of nitrogens with two attached hydrogens (primary N) is 1. The Morgan fingerprint density at radius 1 is 1.17 bits per heavy atom. The van der Waals surface area contributed by atoms with Gasteiger partial charge in [0.15, 0.2) is 5.13 Å². The molecule has 4 N–H and O–H groups in total. The first-order valence-corrected chi connectivity index (χ1v) is 7.95. The van der Waals surface area contributed by atoms with Crippen molar-refractivity contribution in [3.8, 4) is 5.75 Å². The maximum atomic E-state index is 12.6. The fourth-order valence-electron chi connectivity index (χ4n) is 2.72. The van der Waals surface area contributed by atoms with E-state index in [2.05, 4.69) is 10.3 Å². The van der Waals surface area contributed by atoms with Gasteiger partial charge in [-0.15, -0.1) is 0 Å². The highest BCUT2D eigenvalue weighted by Gasteiger charge is 2.16. The maximum absolute atomic E-state index is 12.6. The molecule has 0 radical (unpaired) electrons. The average Bonchev–Trinajstić information content (AvgIpc) is 2.80. The molecule has 0 aliphatic carbocycles. The van der Waals surface area contributed by atoms with Crippen molar-refractivity contribution in [3.63, 3.8) is 0 Å². The fraction of sp³-hybridized carbons (Fsp3) is 0.176. The minimum Gasteiger partial charge on any atom is -0.507 e. The molecule has 1 amide bonds. The van der Waals surface area contributed by atoms with E-state index >= 15 is 0 Å². The monoisotopic (exact) mass is 327 g/mol. The highest BCUT2D eigenvalue weighted by Crippen LogP contribution is 2.31. The third kappa shape index (κ3) is 2.85. The van der Waals surface area contributed by atoms with E-state index in [1.165, 1.54) is 17.4 Å². The zero-order valence-electron chi connectivity index (χ0n) is 13.1. The summed E-state index contributed by atoms with van der Waals surface area (Å²) < 4.78 is 0.766. The van der Waals surface area contributed by atoms with Crippen LogP contribution in [0.5, 0.6) is 5.75 Å². The van der Waals surface area contributed by atoms with Gasteiger partial charge >= 0.3 is 0 Å². The summed E-state index contributed by atoms with van der Waals surface area (Å²) in [7, 11) is 0. The lowest BCUT2D eigenvalue weighted by molar-refractivity contribution is 0.102. The molecule has 23 heavy (non-hydrogen) atoms. The molecule has 0 spiro atoms. The molecule has 0 aliphatic rings. The summed E-state index contributed by atoms with van der Waals surface area (Å²) in [5, 5.41) is 13.4. The molecule has 0 fully saturated rings. The summed E-state index contributed by atoms with van der Waals surface area (Å²) in [5.74, 6) is -0.464. The Morgan fingerprint density at radius 3 is 2.48 bits per heavy atom. The van der Waals surface area contributed by atoms with Gasteiger partial charge in [-0.25, -0.2) is 4.98 Å². The molecule has 118 valence electrons. The van der Waals surface area contributed by atoms with E-state index in [1.54, 1.807) is 6.07 Å². The Morgan fingerprint density at radius 2 is 1.83 bits per heavy atom. The van der Waals surface area contributed by atoms with Crippen molar-refractivity contribution >= 4 is 38.3 Å². The molecule has 5 nitrogen and oxygen atoms in total. The summed E-state index contributed by atoms with van der Waals surface area (Å²) in [5.41, 5.74) is 10.3. The molecule has 0 unspecified atom stereocenters. The van der Waals surface area contributed by atoms with Gasteiger partial charge in [0.1, 0.15) is 5.75 Å². The second-order valence-electron chi connectivity index (χ2n) is 5.62. The van der Waals surface area contributed by atoms with Crippen molar-refractivity contribution in [2.45, 2.75) is 20.8 Å². The predicted octanol–water partition coefficient (Wildman–Crippen LogP) is 3.76. The van der Waals surface area contributed by atoms with Crippen LogP contribution in [0.25, 0.3) is 10.2 Å². The Hall–Kier alpha value is -2.60. The summed E-state index contributed by atoms with van der Waals surface area (Å²) >= 11 is 1.28. The number of aromatic nitrogens is 1. The molecule has 3 rings (SSSR count). The van der Waals surface area contributed by atoms with Gasteiger partial charge < -0.3 is 16.2 Å². The lowest BCUT2D eigenvalue weighted by Gasteiger charge is -2.13. The van der Waals surface area contributed by atoms with Gasteiger partial charge in [-0.3, -0.25) is 4.79 Å². The van der Waals surface area contributed by atoms with Crippen molar-refractivity contribution in [1.82, 2.24) is 4.98 Å². The SMILES string of the molecule is Cc1cc(C)c(NC(=O)c2cc3sc(N)nc3cc2O)c(C)c1. The Kier molecular flexibility index (Phi) is 3.69. The number of benzene rings is 2. The van der Waals surface area contributed by atoms with Crippen LogP contribution in [0.1, 0.15) is 27.0 Å². The van der Waals surface area contributed by atoms with Crippen molar-refractivity contribution in [1.29, 1.82) is 0 Å². The number of nitrogens with one attached hydrogen (secondary N) is 1. The number of carbonyl (C=O) groups is 1. The van der Waals surface area contributed by atoms with Gasteiger partial charge in [0.2, 0.25) is 0 Å². The Bertz CT molecular complexity index is 908. The number of carbonyl (C=O) groups excluding carboxylic acids is 1. The van der Waals surface area contributed by atoms with Crippen molar-refractivity contribution in [2.24, 2.45) is 0 Å². The van der Waals surface area contributed by atoms with Crippen LogP contribution in [0.15, 0.2) is 24.3 Å². The van der Waals surface area contributed by atoms with E-state index in [0.29, 0.717) is 10.6 Å². The third-order valence-electron chi connectivity index (χ3n) is 3.68. The van der Waals surface area contributed by atoms with Gasteiger partial charge in [-0.1, -0.05) is 29.0 Å². The first kappa shape index (κ1) is 15.3. The minimum atomic E-state index is -0.355. The number of anilines is 2. The molecule has 3 aromatic rings. The molecular formula is C17H17N3O2S. The number of amides is 1. The van der Waals surface area contributed by atoms with E-state index in [4.69, 9.17) is 5.73 Å². The van der Waals surface area contributed by atoms with Gasteiger partial charge in [0, 0.05) is 11.8 Å². The molecule has 0 saturated carbocycles. The standard InChI is InChI=1S/C17H17N3O2S/c1-8-4-9(2)15(10(3)5-8)20-16(22)11-6-14-12(7-13(11)21)19-17(18)23-14/h4-7,21H,1-3H3,(H2,18,19)(H,20,22).